The van der Waals surface area contributed by atoms with Crippen LogP contribution in [0.4, 0.5) is 5.82 Å². The van der Waals surface area contributed by atoms with E-state index in [0.29, 0.717) is 18.1 Å². The van der Waals surface area contributed by atoms with Crippen LogP contribution in [0, 0.1) is 0 Å². The first-order valence-electron chi connectivity index (χ1n) is 6.47. The molecule has 1 fully saturated rings. The molecule has 0 aliphatic carbocycles. The maximum atomic E-state index is 12.2. The zero-order chi connectivity index (χ0) is 13.7. The lowest BCUT2D eigenvalue weighted by molar-refractivity contribution is 0.0776. The van der Waals surface area contributed by atoms with Crippen LogP contribution >= 0.6 is 0 Å². The van der Waals surface area contributed by atoms with Crippen LogP contribution in [0.1, 0.15) is 23.3 Å². The number of anilines is 1. The highest BCUT2D eigenvalue weighted by molar-refractivity contribution is 5.92. The summed E-state index contributed by atoms with van der Waals surface area (Å²) >= 11 is 0. The van der Waals surface area contributed by atoms with Gasteiger partial charge in [0.1, 0.15) is 5.69 Å². The van der Waals surface area contributed by atoms with E-state index in [1.807, 2.05) is 0 Å². The number of carbonyl (C=O) groups excluding carboxylic acids is 1. The van der Waals surface area contributed by atoms with E-state index in [0.717, 1.165) is 19.6 Å². The Morgan fingerprint density at radius 2 is 2.21 bits per heavy atom. The van der Waals surface area contributed by atoms with Crippen molar-refractivity contribution in [1.29, 1.82) is 0 Å². The number of hydrazine groups is 1. The molecule has 0 bridgehead atoms. The monoisotopic (exact) mass is 264 g/mol. The summed E-state index contributed by atoms with van der Waals surface area (Å²) in [4.78, 5) is 24.2. The van der Waals surface area contributed by atoms with Gasteiger partial charge in [0.2, 0.25) is 0 Å². The van der Waals surface area contributed by atoms with Crippen LogP contribution in [0.25, 0.3) is 0 Å². The molecular weight excluding hydrogens is 244 g/mol. The molecule has 19 heavy (non-hydrogen) atoms. The Kier molecular flexibility index (Phi) is 4.64. The standard InChI is InChI=1S/C12H20N6O/c1-17(6-7-18-4-2-3-5-18)12(19)10-8-14-9-11(15-10)16-13/h8-9H,2-7,13H2,1H3,(H,15,16). The van der Waals surface area contributed by atoms with Crippen molar-refractivity contribution in [3.05, 3.63) is 18.1 Å². The van der Waals surface area contributed by atoms with Gasteiger partial charge in [-0.15, -0.1) is 0 Å². The summed E-state index contributed by atoms with van der Waals surface area (Å²) in [6.07, 6.45) is 5.44. The van der Waals surface area contributed by atoms with Gasteiger partial charge in [0.05, 0.1) is 12.4 Å². The first kappa shape index (κ1) is 13.7. The smallest absolute Gasteiger partial charge is 0.273 e. The Hall–Kier alpha value is -1.73. The van der Waals surface area contributed by atoms with Gasteiger partial charge in [-0.05, 0) is 25.9 Å². The molecule has 0 unspecified atom stereocenters. The van der Waals surface area contributed by atoms with E-state index in [1.165, 1.54) is 25.2 Å². The van der Waals surface area contributed by atoms with Gasteiger partial charge < -0.3 is 15.2 Å². The first-order chi connectivity index (χ1) is 9.20. The molecule has 0 saturated carbocycles. The largest absolute Gasteiger partial charge is 0.339 e. The summed E-state index contributed by atoms with van der Waals surface area (Å²) in [6.45, 7) is 3.87. The van der Waals surface area contributed by atoms with E-state index >= 15 is 0 Å². The molecule has 0 aromatic carbocycles. The number of likely N-dealkylation sites (N-methyl/N-ethyl adjacent to an activating group) is 1. The SMILES string of the molecule is CN(CCN1CCCC1)C(=O)c1cncc(NN)n1. The van der Waals surface area contributed by atoms with Gasteiger partial charge in [0.25, 0.3) is 5.91 Å². The van der Waals surface area contributed by atoms with Gasteiger partial charge in [-0.1, -0.05) is 0 Å². The number of aromatic nitrogens is 2. The molecule has 1 aromatic rings. The lowest BCUT2D eigenvalue weighted by Crippen LogP contribution is -2.35. The van der Waals surface area contributed by atoms with Crippen molar-refractivity contribution in [2.24, 2.45) is 5.84 Å². The molecule has 7 nitrogen and oxygen atoms in total. The minimum atomic E-state index is -0.135. The van der Waals surface area contributed by atoms with Gasteiger partial charge in [-0.3, -0.25) is 9.78 Å². The minimum Gasteiger partial charge on any atom is -0.339 e. The quantitative estimate of drug-likeness (QED) is 0.572. The number of hydrogen-bond acceptors (Lipinski definition) is 6. The summed E-state index contributed by atoms with van der Waals surface area (Å²) in [5.74, 6) is 5.50. The zero-order valence-corrected chi connectivity index (χ0v) is 11.2. The molecule has 7 heteroatoms. The molecule has 0 radical (unpaired) electrons. The number of nitrogen functional groups attached to an aromatic ring is 1. The first-order valence-corrected chi connectivity index (χ1v) is 6.47. The molecule has 0 atom stereocenters. The Morgan fingerprint density at radius 1 is 1.47 bits per heavy atom. The number of nitrogens with zero attached hydrogens (tertiary/aromatic N) is 4. The lowest BCUT2D eigenvalue weighted by Gasteiger charge is -2.21. The molecule has 1 aliphatic rings. The summed E-state index contributed by atoms with van der Waals surface area (Å²) in [7, 11) is 1.78. The lowest BCUT2D eigenvalue weighted by atomic mass is 10.3. The average molecular weight is 264 g/mol. The second kappa shape index (κ2) is 6.44. The zero-order valence-electron chi connectivity index (χ0n) is 11.2. The predicted molar refractivity (Wildman–Crippen MR) is 72.5 cm³/mol. The normalized spacial score (nSPS) is 15.5. The van der Waals surface area contributed by atoms with Gasteiger partial charge in [-0.25, -0.2) is 10.8 Å². The van der Waals surface area contributed by atoms with Crippen molar-refractivity contribution >= 4 is 11.7 Å². The Morgan fingerprint density at radius 3 is 2.89 bits per heavy atom. The fraction of sp³-hybridized carbons (Fsp3) is 0.583. The van der Waals surface area contributed by atoms with Crippen molar-refractivity contribution in [2.45, 2.75) is 12.8 Å². The Labute approximate surface area is 112 Å². The predicted octanol–water partition coefficient (Wildman–Crippen LogP) is -0.0700. The van der Waals surface area contributed by atoms with Crippen molar-refractivity contribution < 1.29 is 4.79 Å². The van der Waals surface area contributed by atoms with E-state index in [2.05, 4.69) is 20.3 Å². The van der Waals surface area contributed by atoms with E-state index in [4.69, 9.17) is 5.84 Å². The molecule has 1 aromatic heterocycles. The summed E-state index contributed by atoms with van der Waals surface area (Å²) in [5, 5.41) is 0. The van der Waals surface area contributed by atoms with E-state index in [9.17, 15) is 4.79 Å². The molecular formula is C12H20N6O. The van der Waals surface area contributed by atoms with Crippen LogP contribution in [0.15, 0.2) is 12.4 Å². The number of nitrogens with two attached hydrogens (primary N) is 1. The Bertz CT molecular complexity index is 432. The molecule has 0 spiro atoms. The van der Waals surface area contributed by atoms with E-state index in [-0.39, 0.29) is 5.91 Å². The van der Waals surface area contributed by atoms with Gasteiger partial charge in [0, 0.05) is 20.1 Å². The van der Waals surface area contributed by atoms with Crippen LogP contribution in [0.3, 0.4) is 0 Å². The molecule has 2 rings (SSSR count). The van der Waals surface area contributed by atoms with E-state index in [1.54, 1.807) is 11.9 Å². The fourth-order valence-corrected chi connectivity index (χ4v) is 2.13. The number of amides is 1. The van der Waals surface area contributed by atoms with Crippen molar-refractivity contribution in [2.75, 3.05) is 38.7 Å². The van der Waals surface area contributed by atoms with E-state index < -0.39 is 0 Å². The van der Waals surface area contributed by atoms with Crippen LogP contribution in [-0.4, -0.2) is 58.9 Å². The highest BCUT2D eigenvalue weighted by Gasteiger charge is 2.16. The van der Waals surface area contributed by atoms with Gasteiger partial charge in [0.15, 0.2) is 5.82 Å². The molecule has 1 amide bonds. The highest BCUT2D eigenvalue weighted by atomic mass is 16.2. The number of likely N-dealkylation sites (tertiary alicyclic amines) is 1. The molecule has 3 N–H and O–H groups in total. The maximum Gasteiger partial charge on any atom is 0.273 e. The number of carbonyl (C=O) groups is 1. The fourth-order valence-electron chi connectivity index (χ4n) is 2.13. The van der Waals surface area contributed by atoms with Crippen molar-refractivity contribution in [3.8, 4) is 0 Å². The molecule has 1 saturated heterocycles. The Balaban J connectivity index is 1.90. The highest BCUT2D eigenvalue weighted by Crippen LogP contribution is 2.07. The van der Waals surface area contributed by atoms with Crippen LogP contribution in [0.5, 0.6) is 0 Å². The third-order valence-electron chi connectivity index (χ3n) is 3.30. The average Bonchev–Trinajstić information content (AvgIpc) is 2.97. The summed E-state index contributed by atoms with van der Waals surface area (Å²) in [6, 6.07) is 0. The number of nitrogens with one attached hydrogen (secondary N) is 1. The second-order valence-electron chi connectivity index (χ2n) is 4.71. The number of hydrogen-bond donors (Lipinski definition) is 2. The molecule has 2 heterocycles. The molecule has 104 valence electrons. The van der Waals surface area contributed by atoms with Crippen LogP contribution in [0.2, 0.25) is 0 Å². The van der Waals surface area contributed by atoms with Gasteiger partial charge >= 0.3 is 0 Å². The van der Waals surface area contributed by atoms with Gasteiger partial charge in [-0.2, -0.15) is 0 Å². The number of rotatable bonds is 5. The minimum absolute atomic E-state index is 0.135. The van der Waals surface area contributed by atoms with Crippen molar-refractivity contribution in [1.82, 2.24) is 19.8 Å². The van der Waals surface area contributed by atoms with Crippen molar-refractivity contribution in [3.63, 3.8) is 0 Å². The third-order valence-corrected chi connectivity index (χ3v) is 3.30. The topological polar surface area (TPSA) is 87.4 Å². The molecule has 1 aliphatic heterocycles. The summed E-state index contributed by atoms with van der Waals surface area (Å²) in [5.41, 5.74) is 2.69. The van der Waals surface area contributed by atoms with Crippen LogP contribution in [-0.2, 0) is 0 Å². The second-order valence-corrected chi connectivity index (χ2v) is 4.71. The maximum absolute atomic E-state index is 12.2. The third kappa shape index (κ3) is 3.62. The van der Waals surface area contributed by atoms with Crippen LogP contribution < -0.4 is 11.3 Å². The summed E-state index contributed by atoms with van der Waals surface area (Å²) < 4.78 is 0.